The monoisotopic (exact) mass is 231 g/mol. The number of nitrogens with zero attached hydrogens (tertiary/aromatic N) is 1. The highest BCUT2D eigenvalue weighted by Crippen LogP contribution is 1.94. The zero-order valence-corrected chi connectivity index (χ0v) is 9.40. The highest BCUT2D eigenvalue weighted by molar-refractivity contribution is 7.80. The van der Waals surface area contributed by atoms with Crippen LogP contribution in [0.4, 0.5) is 0 Å². The van der Waals surface area contributed by atoms with Crippen LogP contribution in [0.3, 0.4) is 0 Å². The molecule has 0 saturated carbocycles. The molecule has 0 aliphatic carbocycles. The fourth-order valence-electron chi connectivity index (χ4n) is 0.649. The molecular formula is C9H13NO4S. The first-order valence-electron chi connectivity index (χ1n) is 3.98. The maximum Gasteiger partial charge on any atom is 0.217 e. The molecule has 0 aliphatic rings. The molecule has 0 aliphatic heterocycles. The fourth-order valence-corrected chi connectivity index (χ4v) is 0.649. The molecule has 1 aromatic heterocycles. The minimum Gasteiger partial charge on any atom is -0.726 e. The SMILES string of the molecule is C=Cc1cc[n+](C)cc1.COS(=O)(=O)[O-]. The van der Waals surface area contributed by atoms with Crippen LogP contribution in [0.25, 0.3) is 6.08 Å². The second kappa shape index (κ2) is 6.28. The van der Waals surface area contributed by atoms with Crippen LogP contribution in [-0.4, -0.2) is 20.1 Å². The Morgan fingerprint density at radius 3 is 2.13 bits per heavy atom. The maximum absolute atomic E-state index is 9.22. The first-order chi connectivity index (χ1) is 6.89. The van der Waals surface area contributed by atoms with Crippen molar-refractivity contribution < 1.29 is 21.7 Å². The van der Waals surface area contributed by atoms with Crippen molar-refractivity contribution in [2.24, 2.45) is 7.05 Å². The minimum absolute atomic E-state index is 0.808. The molecule has 0 N–H and O–H groups in total. The normalized spacial score (nSPS) is 10.1. The lowest BCUT2D eigenvalue weighted by Gasteiger charge is -1.98. The summed E-state index contributed by atoms with van der Waals surface area (Å²) in [6, 6.07) is 4.04. The van der Waals surface area contributed by atoms with Gasteiger partial charge in [0.25, 0.3) is 0 Å². The Kier molecular flexibility index (Phi) is 5.76. The predicted molar refractivity (Wildman–Crippen MR) is 54.4 cm³/mol. The van der Waals surface area contributed by atoms with Crippen LogP contribution in [0.15, 0.2) is 31.1 Å². The molecule has 0 spiro atoms. The van der Waals surface area contributed by atoms with Crippen LogP contribution in [0.2, 0.25) is 0 Å². The van der Waals surface area contributed by atoms with E-state index in [2.05, 4.69) is 10.8 Å². The second-order valence-corrected chi connectivity index (χ2v) is 3.73. The summed E-state index contributed by atoms with van der Waals surface area (Å²) in [6.07, 6.45) is 5.83. The van der Waals surface area contributed by atoms with Gasteiger partial charge in [0.15, 0.2) is 12.4 Å². The summed E-state index contributed by atoms with van der Waals surface area (Å²) in [5.74, 6) is 0. The van der Waals surface area contributed by atoms with Gasteiger partial charge in [-0.25, -0.2) is 13.0 Å². The van der Waals surface area contributed by atoms with Gasteiger partial charge in [-0.05, 0) is 5.56 Å². The van der Waals surface area contributed by atoms with E-state index in [1.807, 2.05) is 42.2 Å². The maximum atomic E-state index is 9.22. The molecule has 1 rings (SSSR count). The van der Waals surface area contributed by atoms with Crippen LogP contribution in [-0.2, 0) is 21.6 Å². The Balaban J connectivity index is 0.000000288. The molecule has 0 atom stereocenters. The summed E-state index contributed by atoms with van der Waals surface area (Å²) in [5.41, 5.74) is 1.16. The summed E-state index contributed by atoms with van der Waals surface area (Å²) in [7, 11) is -1.61. The Hall–Kier alpha value is -1.24. The Morgan fingerprint density at radius 1 is 1.47 bits per heavy atom. The van der Waals surface area contributed by atoms with E-state index in [1.54, 1.807) is 0 Å². The Bertz CT molecular complexity index is 397. The third-order valence-electron chi connectivity index (χ3n) is 1.44. The molecular weight excluding hydrogens is 218 g/mol. The summed E-state index contributed by atoms with van der Waals surface area (Å²) in [5, 5.41) is 0. The first-order valence-corrected chi connectivity index (χ1v) is 5.31. The van der Waals surface area contributed by atoms with E-state index in [0.29, 0.717) is 0 Å². The highest BCUT2D eigenvalue weighted by atomic mass is 32.3. The van der Waals surface area contributed by atoms with Crippen molar-refractivity contribution in [1.29, 1.82) is 0 Å². The average Bonchev–Trinajstić information content (AvgIpc) is 2.19. The summed E-state index contributed by atoms with van der Waals surface area (Å²) in [4.78, 5) is 0. The largest absolute Gasteiger partial charge is 0.726 e. The van der Waals surface area contributed by atoms with Crippen molar-refractivity contribution >= 4 is 16.5 Å². The molecule has 0 bridgehead atoms. The van der Waals surface area contributed by atoms with E-state index in [1.165, 1.54) is 0 Å². The van der Waals surface area contributed by atoms with Gasteiger partial charge in [0.2, 0.25) is 10.4 Å². The smallest absolute Gasteiger partial charge is 0.217 e. The summed E-state index contributed by atoms with van der Waals surface area (Å²) in [6.45, 7) is 3.65. The Labute approximate surface area is 89.6 Å². The van der Waals surface area contributed by atoms with E-state index in [0.717, 1.165) is 12.7 Å². The quantitative estimate of drug-likeness (QED) is 0.415. The minimum atomic E-state index is -4.41. The van der Waals surface area contributed by atoms with Gasteiger partial charge in [0.1, 0.15) is 7.05 Å². The van der Waals surface area contributed by atoms with E-state index in [4.69, 9.17) is 0 Å². The summed E-state index contributed by atoms with van der Waals surface area (Å²) >= 11 is 0. The van der Waals surface area contributed by atoms with E-state index < -0.39 is 10.4 Å². The van der Waals surface area contributed by atoms with E-state index >= 15 is 0 Å². The molecule has 1 heterocycles. The lowest BCUT2D eigenvalue weighted by atomic mass is 10.3. The highest BCUT2D eigenvalue weighted by Gasteiger charge is 1.87. The second-order valence-electron chi connectivity index (χ2n) is 2.58. The lowest BCUT2D eigenvalue weighted by Crippen LogP contribution is -2.25. The number of aromatic nitrogens is 1. The van der Waals surface area contributed by atoms with Crippen molar-refractivity contribution in [3.63, 3.8) is 0 Å². The van der Waals surface area contributed by atoms with Gasteiger partial charge in [0.05, 0.1) is 7.11 Å². The zero-order chi connectivity index (χ0) is 11.9. The van der Waals surface area contributed by atoms with Crippen LogP contribution in [0, 0.1) is 0 Å². The molecule has 6 heteroatoms. The first kappa shape index (κ1) is 13.8. The van der Waals surface area contributed by atoms with Gasteiger partial charge >= 0.3 is 0 Å². The fraction of sp³-hybridized carbons (Fsp3) is 0.222. The number of pyridine rings is 1. The van der Waals surface area contributed by atoms with Crippen LogP contribution in [0.1, 0.15) is 5.56 Å². The van der Waals surface area contributed by atoms with Crippen molar-refractivity contribution in [1.82, 2.24) is 0 Å². The molecule has 15 heavy (non-hydrogen) atoms. The van der Waals surface area contributed by atoms with Crippen molar-refractivity contribution in [2.45, 2.75) is 0 Å². The van der Waals surface area contributed by atoms with Gasteiger partial charge in [0, 0.05) is 12.1 Å². The van der Waals surface area contributed by atoms with E-state index in [9.17, 15) is 13.0 Å². The third kappa shape index (κ3) is 7.80. The predicted octanol–water partition coefficient (Wildman–Crippen LogP) is 0.247. The Morgan fingerprint density at radius 2 is 1.87 bits per heavy atom. The van der Waals surface area contributed by atoms with Gasteiger partial charge in [-0.3, -0.25) is 4.18 Å². The van der Waals surface area contributed by atoms with Crippen LogP contribution < -0.4 is 4.57 Å². The van der Waals surface area contributed by atoms with Crippen molar-refractivity contribution in [3.8, 4) is 0 Å². The third-order valence-corrected chi connectivity index (χ3v) is 1.85. The molecule has 0 amide bonds. The molecule has 0 fully saturated rings. The zero-order valence-electron chi connectivity index (χ0n) is 8.58. The van der Waals surface area contributed by atoms with Crippen LogP contribution >= 0.6 is 0 Å². The van der Waals surface area contributed by atoms with Gasteiger partial charge in [-0.15, -0.1) is 0 Å². The van der Waals surface area contributed by atoms with Crippen molar-refractivity contribution in [3.05, 3.63) is 36.7 Å². The number of hydrogen-bond acceptors (Lipinski definition) is 4. The lowest BCUT2D eigenvalue weighted by molar-refractivity contribution is -0.671. The molecule has 0 aromatic carbocycles. The number of rotatable bonds is 2. The molecule has 84 valence electrons. The standard InChI is InChI=1S/C8H10N.CH4O4S/c1-3-8-4-6-9(2)7-5-8;1-5-6(2,3)4/h3-7H,1H2,2H3;1H3,(H,2,3,4)/q+1;/p-1. The summed E-state index contributed by atoms with van der Waals surface area (Å²) < 4.78 is 33.0. The number of aryl methyl sites for hydroxylation is 1. The average molecular weight is 231 g/mol. The molecule has 0 radical (unpaired) electrons. The molecule has 1 aromatic rings. The van der Waals surface area contributed by atoms with Gasteiger partial charge in [-0.2, -0.15) is 0 Å². The van der Waals surface area contributed by atoms with Crippen molar-refractivity contribution in [2.75, 3.05) is 7.11 Å². The molecule has 5 nitrogen and oxygen atoms in total. The molecule has 0 unspecified atom stereocenters. The van der Waals surface area contributed by atoms with Crippen LogP contribution in [0.5, 0.6) is 0 Å². The number of hydrogen-bond donors (Lipinski definition) is 0. The molecule has 0 saturated heterocycles. The van der Waals surface area contributed by atoms with E-state index in [-0.39, 0.29) is 0 Å². The topological polar surface area (TPSA) is 70.3 Å². The van der Waals surface area contributed by atoms with Gasteiger partial charge < -0.3 is 4.55 Å². The van der Waals surface area contributed by atoms with Gasteiger partial charge in [-0.1, -0.05) is 12.7 Å².